The molecule has 0 spiro atoms. The SMILES string of the molecule is C[C@H]1CC[C@@H]2CC(c3ccc(C(=O)Oc4ccc(C(F)(F)F)cc4)cc3F)CC[C@H]2C1. The number of carbonyl (C=O) groups is 1. The predicted octanol–water partition coefficient (Wildman–Crippen LogP) is 7.38. The van der Waals surface area contributed by atoms with Gasteiger partial charge in [-0.15, -0.1) is 0 Å². The van der Waals surface area contributed by atoms with E-state index >= 15 is 0 Å². The van der Waals surface area contributed by atoms with E-state index in [0.29, 0.717) is 11.5 Å². The second kappa shape index (κ2) is 8.64. The summed E-state index contributed by atoms with van der Waals surface area (Å²) < 4.78 is 57.9. The first-order chi connectivity index (χ1) is 14.7. The zero-order chi connectivity index (χ0) is 22.2. The van der Waals surface area contributed by atoms with E-state index in [1.54, 1.807) is 12.1 Å². The average Bonchev–Trinajstić information content (AvgIpc) is 2.73. The molecule has 0 amide bonds. The van der Waals surface area contributed by atoms with E-state index in [1.807, 2.05) is 0 Å². The minimum absolute atomic E-state index is 0.0210. The topological polar surface area (TPSA) is 26.3 Å². The molecule has 166 valence electrons. The number of alkyl halides is 3. The second-order valence-corrected chi connectivity index (χ2v) is 9.10. The zero-order valence-electron chi connectivity index (χ0n) is 17.4. The summed E-state index contributed by atoms with van der Waals surface area (Å²) in [6, 6.07) is 8.22. The number of fused-ring (bicyclic) bond motifs is 1. The third-order valence-electron chi connectivity index (χ3n) is 6.94. The summed E-state index contributed by atoms with van der Waals surface area (Å²) in [6.07, 6.45) is 2.33. The molecule has 0 radical (unpaired) electrons. The standard InChI is InChI=1S/C25H26F4O2/c1-15-2-3-17-13-18(5-4-16(17)12-15)22-11-6-19(14-23(22)26)24(30)31-21-9-7-20(8-10-21)25(27,28)29/h6-11,14-18H,2-5,12-13H2,1H3/t15-,16-,17+,18?/m0/s1. The van der Waals surface area contributed by atoms with E-state index in [9.17, 15) is 22.4 Å². The van der Waals surface area contributed by atoms with E-state index in [-0.39, 0.29) is 17.2 Å². The van der Waals surface area contributed by atoms with E-state index < -0.39 is 23.5 Å². The van der Waals surface area contributed by atoms with Crippen LogP contribution in [0.4, 0.5) is 17.6 Å². The molecule has 0 N–H and O–H groups in total. The van der Waals surface area contributed by atoms with Gasteiger partial charge >= 0.3 is 12.1 Å². The Morgan fingerprint density at radius 2 is 1.61 bits per heavy atom. The van der Waals surface area contributed by atoms with Crippen molar-refractivity contribution in [2.45, 2.75) is 57.5 Å². The van der Waals surface area contributed by atoms with Gasteiger partial charge in [-0.05, 0) is 97.7 Å². The maximum absolute atomic E-state index is 14.9. The van der Waals surface area contributed by atoms with Gasteiger partial charge in [0.05, 0.1) is 11.1 Å². The summed E-state index contributed by atoms with van der Waals surface area (Å²) in [5.74, 6) is 1.11. The molecule has 0 aliphatic heterocycles. The molecule has 4 atom stereocenters. The summed E-state index contributed by atoms with van der Waals surface area (Å²) in [7, 11) is 0. The molecular formula is C25H26F4O2. The lowest BCUT2D eigenvalue weighted by Crippen LogP contribution is -2.30. The van der Waals surface area contributed by atoms with Crippen molar-refractivity contribution in [3.63, 3.8) is 0 Å². The van der Waals surface area contributed by atoms with Gasteiger partial charge in [0, 0.05) is 0 Å². The van der Waals surface area contributed by atoms with Crippen LogP contribution in [0.25, 0.3) is 0 Å². The third kappa shape index (κ3) is 4.94. The highest BCUT2D eigenvalue weighted by molar-refractivity contribution is 5.91. The Hall–Kier alpha value is -2.37. The first-order valence-corrected chi connectivity index (χ1v) is 10.9. The number of hydrogen-bond donors (Lipinski definition) is 0. The number of hydrogen-bond acceptors (Lipinski definition) is 2. The number of carbonyl (C=O) groups excluding carboxylic acids is 1. The van der Waals surface area contributed by atoms with Crippen LogP contribution in [0.2, 0.25) is 0 Å². The molecular weight excluding hydrogens is 408 g/mol. The number of halogens is 4. The van der Waals surface area contributed by atoms with Crippen LogP contribution >= 0.6 is 0 Å². The van der Waals surface area contributed by atoms with Crippen LogP contribution in [0.5, 0.6) is 5.75 Å². The van der Waals surface area contributed by atoms with Gasteiger partial charge < -0.3 is 4.74 Å². The van der Waals surface area contributed by atoms with Crippen molar-refractivity contribution in [2.24, 2.45) is 17.8 Å². The Morgan fingerprint density at radius 3 is 2.29 bits per heavy atom. The zero-order valence-corrected chi connectivity index (χ0v) is 17.4. The number of rotatable bonds is 3. The van der Waals surface area contributed by atoms with Gasteiger partial charge in [0.2, 0.25) is 0 Å². The molecule has 2 aromatic carbocycles. The van der Waals surface area contributed by atoms with Crippen LogP contribution in [0, 0.1) is 23.6 Å². The fourth-order valence-electron chi connectivity index (χ4n) is 5.27. The lowest BCUT2D eigenvalue weighted by molar-refractivity contribution is -0.137. The monoisotopic (exact) mass is 434 g/mol. The van der Waals surface area contributed by atoms with E-state index in [2.05, 4.69) is 6.92 Å². The van der Waals surface area contributed by atoms with Gasteiger partial charge in [-0.25, -0.2) is 9.18 Å². The van der Waals surface area contributed by atoms with Crippen LogP contribution in [0.15, 0.2) is 42.5 Å². The van der Waals surface area contributed by atoms with E-state index in [4.69, 9.17) is 4.74 Å². The molecule has 2 aromatic rings. The quantitative estimate of drug-likeness (QED) is 0.286. The van der Waals surface area contributed by atoms with Crippen molar-refractivity contribution in [3.8, 4) is 5.75 Å². The van der Waals surface area contributed by atoms with Gasteiger partial charge in [0.15, 0.2) is 0 Å². The van der Waals surface area contributed by atoms with Crippen LogP contribution < -0.4 is 4.74 Å². The maximum Gasteiger partial charge on any atom is 0.416 e. The van der Waals surface area contributed by atoms with Crippen molar-refractivity contribution in [1.29, 1.82) is 0 Å². The van der Waals surface area contributed by atoms with Crippen LogP contribution in [0.3, 0.4) is 0 Å². The smallest absolute Gasteiger partial charge is 0.416 e. The van der Waals surface area contributed by atoms with Gasteiger partial charge in [0.25, 0.3) is 0 Å². The molecule has 4 rings (SSSR count). The van der Waals surface area contributed by atoms with Crippen LogP contribution in [-0.2, 0) is 6.18 Å². The average molecular weight is 434 g/mol. The van der Waals surface area contributed by atoms with Crippen molar-refractivity contribution in [3.05, 3.63) is 65.0 Å². The highest BCUT2D eigenvalue weighted by atomic mass is 19.4. The molecule has 0 bridgehead atoms. The normalized spacial score (nSPS) is 26.2. The van der Waals surface area contributed by atoms with Gasteiger partial charge in [-0.1, -0.05) is 19.4 Å². The highest BCUT2D eigenvalue weighted by Gasteiger charge is 2.35. The first-order valence-electron chi connectivity index (χ1n) is 10.9. The van der Waals surface area contributed by atoms with Crippen molar-refractivity contribution < 1.29 is 27.1 Å². The number of ether oxygens (including phenoxy) is 1. The molecule has 2 aliphatic carbocycles. The molecule has 2 nitrogen and oxygen atoms in total. The van der Waals surface area contributed by atoms with E-state index in [0.717, 1.165) is 55.4 Å². The lowest BCUT2D eigenvalue weighted by Gasteiger charge is -2.41. The largest absolute Gasteiger partial charge is 0.423 e. The van der Waals surface area contributed by atoms with Crippen LogP contribution in [0.1, 0.15) is 72.9 Å². The minimum atomic E-state index is -4.46. The van der Waals surface area contributed by atoms with Gasteiger partial charge in [-0.2, -0.15) is 13.2 Å². The summed E-state index contributed by atoms with van der Waals surface area (Å²) in [5.41, 5.74) is -0.144. The Morgan fingerprint density at radius 1 is 0.935 bits per heavy atom. The Kier molecular flexibility index (Phi) is 6.09. The molecule has 1 unspecified atom stereocenters. The third-order valence-corrected chi connectivity index (χ3v) is 6.94. The molecule has 2 fully saturated rings. The van der Waals surface area contributed by atoms with Crippen molar-refractivity contribution in [2.75, 3.05) is 0 Å². The molecule has 2 saturated carbocycles. The summed E-state index contributed by atoms with van der Waals surface area (Å²) >= 11 is 0. The molecule has 0 heterocycles. The predicted molar refractivity (Wildman–Crippen MR) is 109 cm³/mol. The lowest BCUT2D eigenvalue weighted by atomic mass is 9.64. The Balaban J connectivity index is 1.42. The van der Waals surface area contributed by atoms with E-state index in [1.165, 1.54) is 25.3 Å². The molecule has 31 heavy (non-hydrogen) atoms. The number of benzene rings is 2. The van der Waals surface area contributed by atoms with Crippen molar-refractivity contribution in [1.82, 2.24) is 0 Å². The maximum atomic E-state index is 14.9. The summed E-state index contributed by atoms with van der Waals surface area (Å²) in [4.78, 5) is 12.3. The fourth-order valence-corrected chi connectivity index (χ4v) is 5.27. The fraction of sp³-hybridized carbons (Fsp3) is 0.480. The summed E-state index contributed by atoms with van der Waals surface area (Å²) in [5, 5.41) is 0. The summed E-state index contributed by atoms with van der Waals surface area (Å²) in [6.45, 7) is 2.31. The molecule has 0 saturated heterocycles. The molecule has 0 aromatic heterocycles. The van der Waals surface area contributed by atoms with Gasteiger partial charge in [-0.3, -0.25) is 0 Å². The highest BCUT2D eigenvalue weighted by Crippen LogP contribution is 2.47. The molecule has 6 heteroatoms. The molecule has 2 aliphatic rings. The van der Waals surface area contributed by atoms with Crippen LogP contribution in [-0.4, -0.2) is 5.97 Å². The van der Waals surface area contributed by atoms with Crippen molar-refractivity contribution >= 4 is 5.97 Å². The Labute approximate surface area is 179 Å². The van der Waals surface area contributed by atoms with Gasteiger partial charge in [0.1, 0.15) is 11.6 Å². The minimum Gasteiger partial charge on any atom is -0.423 e. The second-order valence-electron chi connectivity index (χ2n) is 9.10. The first kappa shape index (κ1) is 21.8. The number of esters is 1. The Bertz CT molecular complexity index is 936.